The molecule has 4 nitrogen and oxygen atoms in total. The molecule has 0 aliphatic rings. The molecule has 0 aliphatic carbocycles. The van der Waals surface area contributed by atoms with Crippen LogP contribution in [0.15, 0.2) is 60.7 Å². The molecule has 0 unspecified atom stereocenters. The van der Waals surface area contributed by atoms with E-state index < -0.39 is 5.97 Å². The molecule has 0 fully saturated rings. The molecule has 0 aliphatic heterocycles. The van der Waals surface area contributed by atoms with Crippen molar-refractivity contribution in [1.29, 1.82) is 0 Å². The van der Waals surface area contributed by atoms with Gasteiger partial charge in [0.25, 0.3) is 0 Å². The van der Waals surface area contributed by atoms with Crippen LogP contribution in [0, 0.1) is 20.8 Å². The largest absolute Gasteiger partial charge is 0.505 e. The Labute approximate surface area is 169 Å². The first kappa shape index (κ1) is 18.7. The summed E-state index contributed by atoms with van der Waals surface area (Å²) < 4.78 is 0. The number of rotatable bonds is 3. The van der Waals surface area contributed by atoms with E-state index in [0.29, 0.717) is 16.5 Å². The third kappa shape index (κ3) is 3.23. The summed E-state index contributed by atoms with van der Waals surface area (Å²) in [6.45, 7) is 5.92. The lowest BCUT2D eigenvalue weighted by atomic mass is 9.97. The lowest BCUT2D eigenvalue weighted by molar-refractivity contribution is 0.0696. The van der Waals surface area contributed by atoms with Crippen molar-refractivity contribution >= 4 is 16.9 Å². The molecule has 0 atom stereocenters. The molecule has 0 saturated carbocycles. The van der Waals surface area contributed by atoms with Gasteiger partial charge in [0.15, 0.2) is 5.75 Å². The zero-order valence-corrected chi connectivity index (χ0v) is 16.5. The average molecular weight is 383 g/mol. The van der Waals surface area contributed by atoms with E-state index in [9.17, 15) is 15.0 Å². The second-order valence-electron chi connectivity index (χ2n) is 7.34. The van der Waals surface area contributed by atoms with Gasteiger partial charge in [-0.05, 0) is 43.0 Å². The van der Waals surface area contributed by atoms with E-state index >= 15 is 0 Å². The van der Waals surface area contributed by atoms with Gasteiger partial charge in [0.1, 0.15) is 11.3 Å². The van der Waals surface area contributed by atoms with Gasteiger partial charge in [0.2, 0.25) is 0 Å². The van der Waals surface area contributed by atoms with Gasteiger partial charge in [-0.15, -0.1) is 0 Å². The molecule has 29 heavy (non-hydrogen) atoms. The molecule has 4 aromatic rings. The van der Waals surface area contributed by atoms with Crippen LogP contribution in [0.3, 0.4) is 0 Å². The van der Waals surface area contributed by atoms with Crippen molar-refractivity contribution in [3.05, 3.63) is 82.9 Å². The Balaban J connectivity index is 1.89. The number of aromatic nitrogens is 1. The van der Waals surface area contributed by atoms with Crippen molar-refractivity contribution < 1.29 is 15.0 Å². The topological polar surface area (TPSA) is 70.4 Å². The summed E-state index contributed by atoms with van der Waals surface area (Å²) in [5.74, 6) is -1.48. The number of hydrogen-bond donors (Lipinski definition) is 2. The highest BCUT2D eigenvalue weighted by atomic mass is 16.4. The fourth-order valence-corrected chi connectivity index (χ4v) is 3.54. The number of nitrogens with zero attached hydrogens (tertiary/aromatic N) is 1. The van der Waals surface area contributed by atoms with Crippen molar-refractivity contribution in [3.63, 3.8) is 0 Å². The third-order valence-electron chi connectivity index (χ3n) is 5.41. The smallest absolute Gasteiger partial charge is 0.340 e. The second-order valence-corrected chi connectivity index (χ2v) is 7.34. The summed E-state index contributed by atoms with van der Waals surface area (Å²) in [6, 6.07) is 19.4. The van der Waals surface area contributed by atoms with Gasteiger partial charge in [-0.3, -0.25) is 0 Å². The van der Waals surface area contributed by atoms with Crippen LogP contribution in [-0.4, -0.2) is 21.2 Å². The van der Waals surface area contributed by atoms with E-state index in [1.165, 1.54) is 5.56 Å². The summed E-state index contributed by atoms with van der Waals surface area (Å²) in [5, 5.41) is 20.9. The number of carbonyl (C=O) groups is 1. The first-order valence-electron chi connectivity index (χ1n) is 9.40. The Morgan fingerprint density at radius 2 is 1.34 bits per heavy atom. The summed E-state index contributed by atoms with van der Waals surface area (Å²) in [4.78, 5) is 16.5. The lowest BCUT2D eigenvalue weighted by Gasteiger charge is -2.13. The molecule has 4 rings (SSSR count). The molecule has 0 bridgehead atoms. The van der Waals surface area contributed by atoms with E-state index in [1.54, 1.807) is 6.07 Å². The fraction of sp³-hybridized carbons (Fsp3) is 0.120. The van der Waals surface area contributed by atoms with Gasteiger partial charge < -0.3 is 10.2 Å². The van der Waals surface area contributed by atoms with Gasteiger partial charge in [0, 0.05) is 10.9 Å². The van der Waals surface area contributed by atoms with Crippen LogP contribution >= 0.6 is 0 Å². The predicted octanol–water partition coefficient (Wildman–Crippen LogP) is 5.90. The van der Waals surface area contributed by atoms with Gasteiger partial charge in [-0.2, -0.15) is 0 Å². The van der Waals surface area contributed by atoms with Gasteiger partial charge in [0.05, 0.1) is 5.52 Å². The number of carboxylic acids is 1. The minimum Gasteiger partial charge on any atom is -0.505 e. The first-order chi connectivity index (χ1) is 13.9. The molecule has 0 amide bonds. The Hall–Kier alpha value is -3.66. The maximum absolute atomic E-state index is 11.9. The normalized spacial score (nSPS) is 11.0. The van der Waals surface area contributed by atoms with Gasteiger partial charge >= 0.3 is 5.97 Å². The molecule has 1 aromatic heterocycles. The van der Waals surface area contributed by atoms with E-state index in [0.717, 1.165) is 22.3 Å². The van der Waals surface area contributed by atoms with Crippen LogP contribution in [0.4, 0.5) is 0 Å². The van der Waals surface area contributed by atoms with Crippen LogP contribution in [0.1, 0.15) is 27.0 Å². The Kier molecular flexibility index (Phi) is 4.55. The number of aromatic carboxylic acids is 1. The quantitative estimate of drug-likeness (QED) is 0.462. The standard InChI is InChI=1S/C25H21NO3/c1-14-4-7-17(8-5-14)18-9-11-19(12-10-18)23-24(27)21(25(28)29)20-13-6-15(2)16(3)22(20)26-23/h4-13,27H,1-3H3,(H,28,29). The van der Waals surface area contributed by atoms with E-state index in [-0.39, 0.29) is 17.0 Å². The Morgan fingerprint density at radius 1 is 0.793 bits per heavy atom. The molecule has 0 saturated heterocycles. The molecule has 0 spiro atoms. The average Bonchev–Trinajstić information content (AvgIpc) is 2.71. The SMILES string of the molecule is Cc1ccc(-c2ccc(-c3nc4c(C)c(C)ccc4c(C(=O)O)c3O)cc2)cc1. The Bertz CT molecular complexity index is 1240. The van der Waals surface area contributed by atoms with Gasteiger partial charge in [-0.25, -0.2) is 9.78 Å². The summed E-state index contributed by atoms with van der Waals surface area (Å²) in [6.07, 6.45) is 0. The number of carboxylic acid groups (broad SMARTS) is 1. The summed E-state index contributed by atoms with van der Waals surface area (Å²) >= 11 is 0. The van der Waals surface area contributed by atoms with Crippen LogP contribution < -0.4 is 0 Å². The minimum absolute atomic E-state index is 0.115. The molecule has 3 aromatic carbocycles. The summed E-state index contributed by atoms with van der Waals surface area (Å²) in [7, 11) is 0. The molecular weight excluding hydrogens is 362 g/mol. The van der Waals surface area contributed by atoms with Crippen LogP contribution in [0.2, 0.25) is 0 Å². The number of pyridine rings is 1. The second kappa shape index (κ2) is 7.06. The summed E-state index contributed by atoms with van der Waals surface area (Å²) in [5.41, 5.74) is 6.68. The first-order valence-corrected chi connectivity index (χ1v) is 9.40. The van der Waals surface area contributed by atoms with E-state index in [4.69, 9.17) is 0 Å². The highest BCUT2D eigenvalue weighted by molar-refractivity contribution is 6.08. The minimum atomic E-state index is -1.17. The van der Waals surface area contributed by atoms with Crippen molar-refractivity contribution in [2.24, 2.45) is 0 Å². The molecule has 1 heterocycles. The number of hydrogen-bond acceptors (Lipinski definition) is 3. The number of aryl methyl sites for hydroxylation is 3. The number of benzene rings is 3. The number of fused-ring (bicyclic) bond motifs is 1. The molecule has 0 radical (unpaired) electrons. The fourth-order valence-electron chi connectivity index (χ4n) is 3.54. The molecule has 2 N–H and O–H groups in total. The van der Waals surface area contributed by atoms with Crippen LogP contribution in [0.5, 0.6) is 5.75 Å². The van der Waals surface area contributed by atoms with E-state index in [2.05, 4.69) is 29.2 Å². The zero-order chi connectivity index (χ0) is 20.7. The lowest BCUT2D eigenvalue weighted by Crippen LogP contribution is -2.03. The van der Waals surface area contributed by atoms with Crippen molar-refractivity contribution in [2.45, 2.75) is 20.8 Å². The van der Waals surface area contributed by atoms with Crippen molar-refractivity contribution in [2.75, 3.05) is 0 Å². The zero-order valence-electron chi connectivity index (χ0n) is 16.5. The molecule has 4 heteroatoms. The third-order valence-corrected chi connectivity index (χ3v) is 5.41. The number of aromatic hydroxyl groups is 1. The molecular formula is C25H21NO3. The van der Waals surface area contributed by atoms with Crippen molar-refractivity contribution in [3.8, 4) is 28.1 Å². The molecule has 144 valence electrons. The van der Waals surface area contributed by atoms with E-state index in [1.807, 2.05) is 51.1 Å². The van der Waals surface area contributed by atoms with Crippen molar-refractivity contribution in [1.82, 2.24) is 4.98 Å². The Morgan fingerprint density at radius 3 is 1.93 bits per heavy atom. The maximum atomic E-state index is 11.9. The maximum Gasteiger partial charge on any atom is 0.340 e. The van der Waals surface area contributed by atoms with Gasteiger partial charge in [-0.1, -0.05) is 66.2 Å². The predicted molar refractivity (Wildman–Crippen MR) is 115 cm³/mol. The van der Waals surface area contributed by atoms with Crippen LogP contribution in [-0.2, 0) is 0 Å². The monoisotopic (exact) mass is 383 g/mol. The van der Waals surface area contributed by atoms with Crippen LogP contribution in [0.25, 0.3) is 33.3 Å². The highest BCUT2D eigenvalue weighted by Gasteiger charge is 2.22. The highest BCUT2D eigenvalue weighted by Crippen LogP contribution is 2.37.